The molecular formula is C23H19N3O4. The number of anilines is 1. The summed E-state index contributed by atoms with van der Waals surface area (Å²) in [4.78, 5) is 26.6. The Morgan fingerprint density at radius 3 is 2.63 bits per heavy atom. The third-order valence-corrected chi connectivity index (χ3v) is 5.38. The van der Waals surface area contributed by atoms with Crippen molar-refractivity contribution in [2.24, 2.45) is 5.73 Å². The summed E-state index contributed by atoms with van der Waals surface area (Å²) in [5.74, 6) is -1.37. The van der Waals surface area contributed by atoms with Gasteiger partial charge in [0, 0.05) is 11.3 Å². The fraction of sp³-hybridized carbons (Fsp3) is 0.174. The standard InChI is InChI=1S/C23H19N3O4/c1-13-7-6-10-17-18(13)23(22(28)26-17)16(11-24)20(25)30-14(2)19(23)21(27)29-12-15-8-4-3-5-9-15/h3-10H,12,25H2,1-2H3,(H,26,28)/t23-/m1/s1. The van der Waals surface area contributed by atoms with Crippen LogP contribution in [0, 0.1) is 18.3 Å². The van der Waals surface area contributed by atoms with Crippen molar-refractivity contribution >= 4 is 17.6 Å². The summed E-state index contributed by atoms with van der Waals surface area (Å²) in [6.07, 6.45) is 0. The van der Waals surface area contributed by atoms with Gasteiger partial charge in [0.1, 0.15) is 29.6 Å². The lowest BCUT2D eigenvalue weighted by Crippen LogP contribution is -2.46. The average Bonchev–Trinajstić information content (AvgIpc) is 3.00. The van der Waals surface area contributed by atoms with E-state index in [4.69, 9.17) is 15.2 Å². The summed E-state index contributed by atoms with van der Waals surface area (Å²) in [6, 6.07) is 16.5. The Hall–Kier alpha value is -4.05. The molecule has 0 radical (unpaired) electrons. The topological polar surface area (TPSA) is 114 Å². The minimum absolute atomic E-state index is 0.00979. The predicted octanol–water partition coefficient (Wildman–Crippen LogP) is 2.93. The molecule has 1 amide bonds. The number of carbonyl (C=O) groups is 2. The lowest BCUT2D eigenvalue weighted by Gasteiger charge is -2.34. The molecule has 2 aromatic carbocycles. The summed E-state index contributed by atoms with van der Waals surface area (Å²) < 4.78 is 11.0. The van der Waals surface area contributed by atoms with Crippen LogP contribution in [0.4, 0.5) is 5.69 Å². The first-order valence-electron chi connectivity index (χ1n) is 9.33. The van der Waals surface area contributed by atoms with Crippen LogP contribution >= 0.6 is 0 Å². The fourth-order valence-corrected chi connectivity index (χ4v) is 4.15. The molecule has 1 spiro atoms. The van der Waals surface area contributed by atoms with Gasteiger partial charge in [0.2, 0.25) is 11.8 Å². The van der Waals surface area contributed by atoms with E-state index in [2.05, 4.69) is 5.32 Å². The van der Waals surface area contributed by atoms with Gasteiger partial charge in [0.15, 0.2) is 5.41 Å². The van der Waals surface area contributed by atoms with E-state index in [1.54, 1.807) is 12.1 Å². The molecule has 0 aromatic heterocycles. The van der Waals surface area contributed by atoms with Crippen LogP contribution in [0.25, 0.3) is 0 Å². The molecule has 2 aromatic rings. The summed E-state index contributed by atoms with van der Waals surface area (Å²) in [5, 5.41) is 12.7. The van der Waals surface area contributed by atoms with Gasteiger partial charge in [-0.3, -0.25) is 4.79 Å². The zero-order chi connectivity index (χ0) is 21.5. The molecular weight excluding hydrogens is 382 g/mol. The molecule has 0 saturated heterocycles. The van der Waals surface area contributed by atoms with Crippen LogP contribution in [-0.4, -0.2) is 11.9 Å². The van der Waals surface area contributed by atoms with Crippen molar-refractivity contribution < 1.29 is 19.1 Å². The maximum Gasteiger partial charge on any atom is 0.339 e. The van der Waals surface area contributed by atoms with Gasteiger partial charge in [0.05, 0.1) is 0 Å². The molecule has 0 bridgehead atoms. The first-order chi connectivity index (χ1) is 14.4. The van der Waals surface area contributed by atoms with Gasteiger partial charge < -0.3 is 20.5 Å². The first kappa shape index (κ1) is 19.3. The quantitative estimate of drug-likeness (QED) is 0.765. The molecule has 3 N–H and O–H groups in total. The second-order valence-corrected chi connectivity index (χ2v) is 7.15. The first-order valence-corrected chi connectivity index (χ1v) is 9.33. The maximum atomic E-state index is 13.4. The molecule has 7 nitrogen and oxygen atoms in total. The third kappa shape index (κ3) is 2.65. The van der Waals surface area contributed by atoms with Gasteiger partial charge in [0.25, 0.3) is 0 Å². The number of nitrogens with one attached hydrogen (secondary N) is 1. The summed E-state index contributed by atoms with van der Waals surface area (Å²) >= 11 is 0. The Morgan fingerprint density at radius 1 is 1.20 bits per heavy atom. The van der Waals surface area contributed by atoms with E-state index < -0.39 is 17.3 Å². The molecule has 30 heavy (non-hydrogen) atoms. The highest BCUT2D eigenvalue weighted by molar-refractivity contribution is 6.17. The second kappa shape index (κ2) is 7.08. The molecule has 0 unspecified atom stereocenters. The van der Waals surface area contributed by atoms with Gasteiger partial charge in [-0.1, -0.05) is 42.5 Å². The van der Waals surface area contributed by atoms with E-state index in [1.165, 1.54) is 6.92 Å². The molecule has 1 atom stereocenters. The van der Waals surface area contributed by atoms with Crippen LogP contribution < -0.4 is 11.1 Å². The van der Waals surface area contributed by atoms with Crippen molar-refractivity contribution in [1.29, 1.82) is 5.26 Å². The minimum atomic E-state index is -1.73. The van der Waals surface area contributed by atoms with Crippen LogP contribution in [0.1, 0.15) is 23.6 Å². The van der Waals surface area contributed by atoms with Crippen molar-refractivity contribution in [3.8, 4) is 6.07 Å². The van der Waals surface area contributed by atoms with Crippen LogP contribution in [0.3, 0.4) is 0 Å². The molecule has 2 heterocycles. The number of hydrogen-bond donors (Lipinski definition) is 2. The number of hydrogen-bond acceptors (Lipinski definition) is 6. The van der Waals surface area contributed by atoms with Gasteiger partial charge in [-0.15, -0.1) is 0 Å². The average molecular weight is 401 g/mol. The number of esters is 1. The largest absolute Gasteiger partial charge is 0.457 e. The monoisotopic (exact) mass is 401 g/mol. The SMILES string of the molecule is CC1=C(C(=O)OCc2ccccc2)[C@@]2(C(=O)Nc3cccc(C)c32)C(C#N)=C(N)O1. The molecule has 0 aliphatic carbocycles. The number of rotatable bonds is 3. The van der Waals surface area contributed by atoms with Crippen LogP contribution in [-0.2, 0) is 31.1 Å². The van der Waals surface area contributed by atoms with Crippen LogP contribution in [0.15, 0.2) is 71.3 Å². The molecule has 2 aliphatic heterocycles. The van der Waals surface area contributed by atoms with E-state index in [-0.39, 0.29) is 29.4 Å². The number of nitriles is 1. The smallest absolute Gasteiger partial charge is 0.339 e. The lowest BCUT2D eigenvalue weighted by molar-refractivity contribution is -0.142. The number of amides is 1. The Bertz CT molecular complexity index is 1170. The lowest BCUT2D eigenvalue weighted by atomic mass is 9.67. The normalized spacial score (nSPS) is 19.8. The van der Waals surface area contributed by atoms with Crippen molar-refractivity contribution in [2.75, 3.05) is 5.32 Å². The predicted molar refractivity (Wildman–Crippen MR) is 108 cm³/mol. The number of allylic oxidation sites excluding steroid dienone is 1. The Labute approximate surface area is 173 Å². The van der Waals surface area contributed by atoms with E-state index >= 15 is 0 Å². The van der Waals surface area contributed by atoms with E-state index in [1.807, 2.05) is 49.4 Å². The molecule has 7 heteroatoms. The van der Waals surface area contributed by atoms with Crippen LogP contribution in [0.2, 0.25) is 0 Å². The van der Waals surface area contributed by atoms with Gasteiger partial charge in [-0.2, -0.15) is 5.26 Å². The van der Waals surface area contributed by atoms with E-state index in [0.717, 1.165) is 11.1 Å². The Kier molecular flexibility index (Phi) is 4.55. The highest BCUT2D eigenvalue weighted by atomic mass is 16.5. The number of fused-ring (bicyclic) bond motifs is 2. The number of nitrogens with two attached hydrogens (primary N) is 1. The molecule has 0 fully saturated rings. The van der Waals surface area contributed by atoms with Gasteiger partial charge in [-0.25, -0.2) is 4.79 Å². The number of nitrogens with zero attached hydrogens (tertiary/aromatic N) is 1. The molecule has 0 saturated carbocycles. The third-order valence-electron chi connectivity index (χ3n) is 5.38. The fourth-order valence-electron chi connectivity index (χ4n) is 4.15. The highest BCUT2D eigenvalue weighted by Crippen LogP contribution is 2.53. The van der Waals surface area contributed by atoms with Gasteiger partial charge >= 0.3 is 5.97 Å². The van der Waals surface area contributed by atoms with Crippen molar-refractivity contribution in [2.45, 2.75) is 25.9 Å². The zero-order valence-corrected chi connectivity index (χ0v) is 16.5. The van der Waals surface area contributed by atoms with Crippen molar-refractivity contribution in [1.82, 2.24) is 0 Å². The number of aryl methyl sites for hydroxylation is 1. The van der Waals surface area contributed by atoms with Crippen molar-refractivity contribution in [3.63, 3.8) is 0 Å². The Balaban J connectivity index is 1.88. The highest BCUT2D eigenvalue weighted by Gasteiger charge is 2.60. The van der Waals surface area contributed by atoms with Crippen LogP contribution in [0.5, 0.6) is 0 Å². The molecule has 4 rings (SSSR count). The number of ether oxygens (including phenoxy) is 2. The summed E-state index contributed by atoms with van der Waals surface area (Å²) in [5.41, 5.74) is 6.63. The Morgan fingerprint density at radius 2 is 1.93 bits per heavy atom. The molecule has 2 aliphatic rings. The summed E-state index contributed by atoms with van der Waals surface area (Å²) in [6.45, 7) is 3.35. The van der Waals surface area contributed by atoms with E-state index in [9.17, 15) is 14.9 Å². The second-order valence-electron chi connectivity index (χ2n) is 7.15. The minimum Gasteiger partial charge on any atom is -0.457 e. The van der Waals surface area contributed by atoms with Gasteiger partial charge in [-0.05, 0) is 31.0 Å². The van der Waals surface area contributed by atoms with Crippen molar-refractivity contribution in [3.05, 3.63) is 88.0 Å². The zero-order valence-electron chi connectivity index (χ0n) is 16.5. The number of benzene rings is 2. The summed E-state index contributed by atoms with van der Waals surface area (Å²) in [7, 11) is 0. The van der Waals surface area contributed by atoms with E-state index in [0.29, 0.717) is 11.3 Å². The molecule has 150 valence electrons. The maximum absolute atomic E-state index is 13.4. The number of carbonyl (C=O) groups excluding carboxylic acids is 2.